The van der Waals surface area contributed by atoms with Crippen LogP contribution in [-0.2, 0) is 0 Å². The average molecular weight is 271 g/mol. The Kier molecular flexibility index (Phi) is 2.42. The van der Waals surface area contributed by atoms with E-state index in [-0.39, 0.29) is 16.1 Å². The van der Waals surface area contributed by atoms with Gasteiger partial charge in [0, 0.05) is 16.1 Å². The summed E-state index contributed by atoms with van der Waals surface area (Å²) in [7, 11) is 0. The number of nitro groups is 1. The van der Waals surface area contributed by atoms with E-state index in [1.165, 1.54) is 6.07 Å². The first-order chi connectivity index (χ1) is 7.00. The summed E-state index contributed by atoms with van der Waals surface area (Å²) in [4.78, 5) is 10.4. The van der Waals surface area contributed by atoms with Crippen LogP contribution >= 0.6 is 15.9 Å². The number of hydrogen-bond donors (Lipinski definition) is 1. The predicted molar refractivity (Wildman–Crippen MR) is 62.1 cm³/mol. The zero-order valence-electron chi connectivity index (χ0n) is 8.29. The van der Waals surface area contributed by atoms with Crippen molar-refractivity contribution in [2.75, 3.05) is 5.32 Å². The number of halogens is 1. The van der Waals surface area contributed by atoms with Crippen LogP contribution in [0.3, 0.4) is 0 Å². The molecule has 1 aliphatic carbocycles. The molecule has 0 aromatic heterocycles. The van der Waals surface area contributed by atoms with E-state index in [9.17, 15) is 10.1 Å². The summed E-state index contributed by atoms with van der Waals surface area (Å²) in [6, 6.07) is 4.94. The molecule has 1 fully saturated rings. The average Bonchev–Trinajstić information content (AvgIpc) is 2.82. The highest BCUT2D eigenvalue weighted by Gasteiger charge is 2.38. The van der Waals surface area contributed by atoms with Crippen molar-refractivity contribution in [1.82, 2.24) is 0 Å². The molecule has 4 nitrogen and oxygen atoms in total. The first-order valence-corrected chi connectivity index (χ1v) is 5.52. The van der Waals surface area contributed by atoms with Gasteiger partial charge in [-0.1, -0.05) is 15.9 Å². The Labute approximate surface area is 96.0 Å². The maximum atomic E-state index is 10.8. The Morgan fingerprint density at radius 3 is 2.73 bits per heavy atom. The second-order valence-electron chi connectivity index (χ2n) is 4.10. The summed E-state index contributed by atoms with van der Waals surface area (Å²) >= 11 is 3.31. The summed E-state index contributed by atoms with van der Waals surface area (Å²) in [6.45, 7) is 2.07. The van der Waals surface area contributed by atoms with Gasteiger partial charge < -0.3 is 5.32 Å². The standard InChI is InChI=1S/C10H11BrN2O2/c1-10(4-5-10)12-8-6-7(11)2-3-9(8)13(14)15/h2-3,6,12H,4-5H2,1H3. The molecule has 0 atom stereocenters. The predicted octanol–water partition coefficient (Wildman–Crippen LogP) is 3.32. The fourth-order valence-electron chi connectivity index (χ4n) is 1.41. The minimum Gasteiger partial charge on any atom is -0.374 e. The highest BCUT2D eigenvalue weighted by Crippen LogP contribution is 2.41. The van der Waals surface area contributed by atoms with E-state index < -0.39 is 0 Å². The molecule has 0 radical (unpaired) electrons. The van der Waals surface area contributed by atoms with E-state index in [1.807, 2.05) is 0 Å². The van der Waals surface area contributed by atoms with Crippen molar-refractivity contribution >= 4 is 27.3 Å². The number of benzene rings is 1. The first kappa shape index (κ1) is 10.4. The lowest BCUT2D eigenvalue weighted by atomic mass is 10.2. The first-order valence-electron chi connectivity index (χ1n) is 4.72. The van der Waals surface area contributed by atoms with Crippen molar-refractivity contribution in [3.05, 3.63) is 32.8 Å². The molecule has 15 heavy (non-hydrogen) atoms. The molecule has 0 unspecified atom stereocenters. The summed E-state index contributed by atoms with van der Waals surface area (Å²) in [5, 5.41) is 14.0. The lowest BCUT2D eigenvalue weighted by molar-refractivity contribution is -0.384. The van der Waals surface area contributed by atoms with Gasteiger partial charge >= 0.3 is 0 Å². The van der Waals surface area contributed by atoms with Crippen LogP contribution in [0.25, 0.3) is 0 Å². The molecule has 0 aliphatic heterocycles. The van der Waals surface area contributed by atoms with Crippen molar-refractivity contribution in [2.45, 2.75) is 25.3 Å². The van der Waals surface area contributed by atoms with Crippen molar-refractivity contribution in [1.29, 1.82) is 0 Å². The molecule has 1 saturated carbocycles. The largest absolute Gasteiger partial charge is 0.374 e. The highest BCUT2D eigenvalue weighted by molar-refractivity contribution is 9.10. The molecule has 1 aromatic rings. The Hall–Kier alpha value is -1.10. The van der Waals surface area contributed by atoms with Crippen LogP contribution < -0.4 is 5.32 Å². The van der Waals surface area contributed by atoms with Crippen LogP contribution in [-0.4, -0.2) is 10.5 Å². The van der Waals surface area contributed by atoms with Gasteiger partial charge in [0.15, 0.2) is 0 Å². The van der Waals surface area contributed by atoms with E-state index in [1.54, 1.807) is 12.1 Å². The Morgan fingerprint density at radius 1 is 1.53 bits per heavy atom. The fraction of sp³-hybridized carbons (Fsp3) is 0.400. The SMILES string of the molecule is CC1(Nc2cc(Br)ccc2[N+](=O)[O-])CC1. The molecule has 80 valence electrons. The maximum absolute atomic E-state index is 10.8. The summed E-state index contributed by atoms with van der Waals surface area (Å²) in [5.41, 5.74) is 0.770. The fourth-order valence-corrected chi connectivity index (χ4v) is 1.77. The van der Waals surface area contributed by atoms with Crippen LogP contribution in [0.1, 0.15) is 19.8 Å². The third-order valence-corrected chi connectivity index (χ3v) is 3.08. The zero-order valence-corrected chi connectivity index (χ0v) is 9.87. The third kappa shape index (κ3) is 2.28. The van der Waals surface area contributed by atoms with E-state index in [2.05, 4.69) is 28.2 Å². The monoisotopic (exact) mass is 270 g/mol. The molecule has 0 saturated heterocycles. The van der Waals surface area contributed by atoms with Gasteiger partial charge in [-0.15, -0.1) is 0 Å². The summed E-state index contributed by atoms with van der Waals surface area (Å²) in [6.07, 6.45) is 2.13. The molecular formula is C10H11BrN2O2. The number of nitrogens with one attached hydrogen (secondary N) is 1. The van der Waals surface area contributed by atoms with Gasteiger partial charge in [-0.2, -0.15) is 0 Å². The second-order valence-corrected chi connectivity index (χ2v) is 5.02. The van der Waals surface area contributed by atoms with Crippen molar-refractivity contribution in [2.24, 2.45) is 0 Å². The Morgan fingerprint density at radius 2 is 2.20 bits per heavy atom. The molecule has 5 heteroatoms. The number of nitro benzene ring substituents is 1. The molecule has 2 rings (SSSR count). The molecule has 1 N–H and O–H groups in total. The lowest BCUT2D eigenvalue weighted by Crippen LogP contribution is -2.16. The molecule has 0 amide bonds. The van der Waals surface area contributed by atoms with Crippen LogP contribution in [0.4, 0.5) is 11.4 Å². The molecular weight excluding hydrogens is 260 g/mol. The number of hydrogen-bond acceptors (Lipinski definition) is 3. The van der Waals surface area contributed by atoms with Crippen LogP contribution in [0.15, 0.2) is 22.7 Å². The quantitative estimate of drug-likeness (QED) is 0.677. The third-order valence-electron chi connectivity index (χ3n) is 2.59. The number of rotatable bonds is 3. The number of nitrogens with zero attached hydrogens (tertiary/aromatic N) is 1. The molecule has 1 aliphatic rings. The minimum atomic E-state index is -0.361. The van der Waals surface area contributed by atoms with E-state index in [0.29, 0.717) is 5.69 Å². The summed E-state index contributed by atoms with van der Waals surface area (Å²) in [5.74, 6) is 0. The van der Waals surface area contributed by atoms with E-state index >= 15 is 0 Å². The van der Waals surface area contributed by atoms with Gasteiger partial charge in [0.2, 0.25) is 0 Å². The van der Waals surface area contributed by atoms with Crippen molar-refractivity contribution < 1.29 is 4.92 Å². The van der Waals surface area contributed by atoms with Gasteiger partial charge in [-0.05, 0) is 31.9 Å². The normalized spacial score (nSPS) is 17.2. The van der Waals surface area contributed by atoms with Gasteiger partial charge in [0.25, 0.3) is 5.69 Å². The molecule has 1 aromatic carbocycles. The molecule has 0 heterocycles. The van der Waals surface area contributed by atoms with E-state index in [4.69, 9.17) is 0 Å². The highest BCUT2D eigenvalue weighted by atomic mass is 79.9. The second kappa shape index (κ2) is 3.48. The van der Waals surface area contributed by atoms with Crippen LogP contribution in [0, 0.1) is 10.1 Å². The topological polar surface area (TPSA) is 55.2 Å². The van der Waals surface area contributed by atoms with Gasteiger partial charge in [-0.3, -0.25) is 10.1 Å². The van der Waals surface area contributed by atoms with Gasteiger partial charge in [0.05, 0.1) is 4.92 Å². The minimum absolute atomic E-state index is 0.0472. The van der Waals surface area contributed by atoms with Crippen LogP contribution in [0.5, 0.6) is 0 Å². The van der Waals surface area contributed by atoms with Crippen molar-refractivity contribution in [3.8, 4) is 0 Å². The zero-order chi connectivity index (χ0) is 11.1. The van der Waals surface area contributed by atoms with E-state index in [0.717, 1.165) is 17.3 Å². The number of anilines is 1. The molecule has 0 spiro atoms. The van der Waals surface area contributed by atoms with Crippen LogP contribution in [0.2, 0.25) is 0 Å². The molecule has 0 bridgehead atoms. The van der Waals surface area contributed by atoms with Gasteiger partial charge in [-0.25, -0.2) is 0 Å². The maximum Gasteiger partial charge on any atom is 0.292 e. The Balaban J connectivity index is 2.34. The van der Waals surface area contributed by atoms with Gasteiger partial charge in [0.1, 0.15) is 5.69 Å². The summed E-state index contributed by atoms with van der Waals surface area (Å²) < 4.78 is 0.847. The Bertz CT molecular complexity index is 416. The lowest BCUT2D eigenvalue weighted by Gasteiger charge is -2.13. The van der Waals surface area contributed by atoms with Crippen molar-refractivity contribution in [3.63, 3.8) is 0 Å². The smallest absolute Gasteiger partial charge is 0.292 e.